The number of carbonyl (C=O) groups is 1. The van der Waals surface area contributed by atoms with Gasteiger partial charge in [0.25, 0.3) is 0 Å². The molecule has 1 aliphatic carbocycles. The van der Waals surface area contributed by atoms with Gasteiger partial charge in [0.15, 0.2) is 0 Å². The van der Waals surface area contributed by atoms with Gasteiger partial charge < -0.3 is 4.74 Å². The van der Waals surface area contributed by atoms with Gasteiger partial charge in [-0.1, -0.05) is 66.4 Å². The molecule has 1 fully saturated rings. The van der Waals surface area contributed by atoms with Crippen LogP contribution in [0, 0.1) is 5.92 Å². The summed E-state index contributed by atoms with van der Waals surface area (Å²) in [4.78, 5) is 12.0. The maximum Gasteiger partial charge on any atom is 0.306 e. The van der Waals surface area contributed by atoms with Crippen LogP contribution in [0.1, 0.15) is 68.9 Å². The van der Waals surface area contributed by atoms with Crippen molar-refractivity contribution in [3.05, 3.63) is 35.4 Å². The lowest BCUT2D eigenvalue weighted by molar-refractivity contribution is -0.145. The molecular weight excluding hydrogens is 340 g/mol. The smallest absolute Gasteiger partial charge is 0.306 e. The Labute approximate surface area is 142 Å². The van der Waals surface area contributed by atoms with E-state index in [1.807, 2.05) is 0 Å². The predicted octanol–water partition coefficient (Wildman–Crippen LogP) is 5.59. The van der Waals surface area contributed by atoms with Gasteiger partial charge in [-0.3, -0.25) is 4.79 Å². The number of carbonyl (C=O) groups excluding carboxylic acids is 1. The zero-order chi connectivity index (χ0) is 15.8. The van der Waals surface area contributed by atoms with Crippen LogP contribution in [0.5, 0.6) is 0 Å². The van der Waals surface area contributed by atoms with Crippen LogP contribution in [0.4, 0.5) is 0 Å². The molecule has 0 spiro atoms. The fourth-order valence-corrected chi connectivity index (χ4v) is 3.72. The number of ether oxygens (including phenoxy) is 1. The van der Waals surface area contributed by atoms with Crippen molar-refractivity contribution < 1.29 is 9.53 Å². The van der Waals surface area contributed by atoms with Gasteiger partial charge in [-0.15, -0.1) is 0 Å². The van der Waals surface area contributed by atoms with Crippen LogP contribution in [0.2, 0.25) is 0 Å². The molecule has 2 nitrogen and oxygen atoms in total. The van der Waals surface area contributed by atoms with Crippen LogP contribution >= 0.6 is 15.9 Å². The van der Waals surface area contributed by atoms with E-state index in [4.69, 9.17) is 4.74 Å². The van der Waals surface area contributed by atoms with Crippen LogP contribution in [-0.4, -0.2) is 12.6 Å². The summed E-state index contributed by atoms with van der Waals surface area (Å²) in [6, 6.07) is 8.86. The summed E-state index contributed by atoms with van der Waals surface area (Å²) in [7, 11) is 0. The number of hydrogen-bond acceptors (Lipinski definition) is 2. The van der Waals surface area contributed by atoms with E-state index in [9.17, 15) is 4.79 Å². The fraction of sp³-hybridized carbons (Fsp3) is 0.632. The first kappa shape index (κ1) is 17.5. The molecule has 0 aromatic heterocycles. The maximum atomic E-state index is 12.0. The van der Waals surface area contributed by atoms with Gasteiger partial charge in [0.1, 0.15) is 0 Å². The molecule has 0 aliphatic heterocycles. The summed E-state index contributed by atoms with van der Waals surface area (Å²) in [5, 5.41) is 0.894. The highest BCUT2D eigenvalue weighted by Gasteiger charge is 2.28. The first-order chi connectivity index (χ1) is 10.7. The van der Waals surface area contributed by atoms with Crippen LogP contribution in [0.25, 0.3) is 0 Å². The third kappa shape index (κ3) is 5.12. The molecule has 0 radical (unpaired) electrons. The minimum absolute atomic E-state index is 0.0116. The van der Waals surface area contributed by atoms with Crippen LogP contribution < -0.4 is 0 Å². The Balaban J connectivity index is 1.96. The Morgan fingerprint density at radius 1 is 1.23 bits per heavy atom. The Morgan fingerprint density at radius 3 is 2.64 bits per heavy atom. The average Bonchev–Trinajstić information content (AvgIpc) is 2.56. The number of benzene rings is 1. The zero-order valence-corrected chi connectivity index (χ0v) is 15.1. The molecule has 3 heteroatoms. The highest BCUT2D eigenvalue weighted by Crippen LogP contribution is 2.39. The van der Waals surface area contributed by atoms with Crippen molar-refractivity contribution in [1.82, 2.24) is 0 Å². The van der Waals surface area contributed by atoms with Gasteiger partial charge in [-0.05, 0) is 42.2 Å². The quantitative estimate of drug-likeness (QED) is 0.357. The second-order valence-corrected chi connectivity index (χ2v) is 6.87. The van der Waals surface area contributed by atoms with E-state index < -0.39 is 0 Å². The van der Waals surface area contributed by atoms with E-state index in [0.717, 1.165) is 24.6 Å². The monoisotopic (exact) mass is 366 g/mol. The molecule has 0 amide bonds. The Hall–Kier alpha value is -0.830. The molecule has 2 atom stereocenters. The summed E-state index contributed by atoms with van der Waals surface area (Å²) in [5.41, 5.74) is 2.69. The second-order valence-electron chi connectivity index (χ2n) is 6.30. The minimum atomic E-state index is -0.0116. The molecule has 2 rings (SSSR count). The van der Waals surface area contributed by atoms with Crippen molar-refractivity contribution in [2.24, 2.45) is 5.92 Å². The number of rotatable bonds is 7. The summed E-state index contributed by atoms with van der Waals surface area (Å²) in [6.07, 6.45) is 7.46. The Bertz CT molecular complexity index is 455. The molecular formula is C19H27BrO2. The maximum absolute atomic E-state index is 12.0. The fourth-order valence-electron chi connectivity index (χ4n) is 3.35. The van der Waals surface area contributed by atoms with Gasteiger partial charge in [0, 0.05) is 11.8 Å². The Kier molecular flexibility index (Phi) is 7.44. The Morgan fingerprint density at radius 2 is 1.95 bits per heavy atom. The molecule has 0 heterocycles. The second kappa shape index (κ2) is 9.34. The minimum Gasteiger partial charge on any atom is -0.466 e. The van der Waals surface area contributed by atoms with Gasteiger partial charge in [-0.25, -0.2) is 0 Å². The third-order valence-electron chi connectivity index (χ3n) is 4.66. The number of unbranched alkanes of at least 4 members (excludes halogenated alkanes) is 1. The van der Waals surface area contributed by atoms with Crippen LogP contribution in [0.15, 0.2) is 24.3 Å². The molecule has 0 unspecified atom stereocenters. The highest BCUT2D eigenvalue weighted by molar-refractivity contribution is 9.08. The highest BCUT2D eigenvalue weighted by atomic mass is 79.9. The zero-order valence-electron chi connectivity index (χ0n) is 13.5. The summed E-state index contributed by atoms with van der Waals surface area (Å²) >= 11 is 3.49. The van der Waals surface area contributed by atoms with E-state index in [1.165, 1.54) is 30.4 Å². The first-order valence-corrected chi connectivity index (χ1v) is 9.67. The number of esters is 1. The lowest BCUT2D eigenvalue weighted by atomic mass is 9.74. The topological polar surface area (TPSA) is 26.3 Å². The predicted molar refractivity (Wildman–Crippen MR) is 94.3 cm³/mol. The molecule has 0 N–H and O–H groups in total. The van der Waals surface area contributed by atoms with E-state index in [1.54, 1.807) is 0 Å². The van der Waals surface area contributed by atoms with Gasteiger partial charge in [-0.2, -0.15) is 0 Å². The SMILES string of the molecule is CCCCOC(=O)C[C@@H]1CCCC[C@H]1c1ccc(CBr)cc1. The standard InChI is InChI=1S/C19H27BrO2/c1-2-3-12-22-19(21)13-17-6-4-5-7-18(17)16-10-8-15(14-20)9-11-16/h8-11,17-18H,2-7,12-14H2,1H3/t17-,18-/m0/s1. The van der Waals surface area contributed by atoms with Crippen molar-refractivity contribution in [2.75, 3.05) is 6.61 Å². The van der Waals surface area contributed by atoms with Gasteiger partial charge >= 0.3 is 5.97 Å². The molecule has 1 aromatic rings. The average molecular weight is 367 g/mol. The van der Waals surface area contributed by atoms with E-state index in [2.05, 4.69) is 47.1 Å². The lowest BCUT2D eigenvalue weighted by Crippen LogP contribution is -2.22. The molecule has 0 bridgehead atoms. The van der Waals surface area contributed by atoms with Crippen molar-refractivity contribution in [2.45, 2.75) is 63.1 Å². The summed E-state index contributed by atoms with van der Waals surface area (Å²) in [5.74, 6) is 0.942. The van der Waals surface area contributed by atoms with Crippen LogP contribution in [-0.2, 0) is 14.9 Å². The first-order valence-electron chi connectivity index (χ1n) is 8.55. The van der Waals surface area contributed by atoms with Crippen molar-refractivity contribution in [3.63, 3.8) is 0 Å². The van der Waals surface area contributed by atoms with E-state index >= 15 is 0 Å². The number of hydrogen-bond donors (Lipinski definition) is 0. The van der Waals surface area contributed by atoms with Crippen molar-refractivity contribution in [3.8, 4) is 0 Å². The van der Waals surface area contributed by atoms with E-state index in [-0.39, 0.29) is 5.97 Å². The lowest BCUT2D eigenvalue weighted by Gasteiger charge is -2.31. The third-order valence-corrected chi connectivity index (χ3v) is 5.31. The van der Waals surface area contributed by atoms with Gasteiger partial charge in [0.05, 0.1) is 6.61 Å². The normalized spacial score (nSPS) is 21.5. The van der Waals surface area contributed by atoms with Gasteiger partial charge in [0.2, 0.25) is 0 Å². The largest absolute Gasteiger partial charge is 0.466 e. The van der Waals surface area contributed by atoms with E-state index in [0.29, 0.717) is 24.9 Å². The molecule has 1 saturated carbocycles. The van der Waals surface area contributed by atoms with Crippen LogP contribution in [0.3, 0.4) is 0 Å². The van der Waals surface area contributed by atoms with Crippen molar-refractivity contribution in [1.29, 1.82) is 0 Å². The molecule has 122 valence electrons. The summed E-state index contributed by atoms with van der Waals surface area (Å²) in [6.45, 7) is 2.69. The number of alkyl halides is 1. The molecule has 0 saturated heterocycles. The van der Waals surface area contributed by atoms with Crippen molar-refractivity contribution >= 4 is 21.9 Å². The number of halogens is 1. The summed E-state index contributed by atoms with van der Waals surface area (Å²) < 4.78 is 5.36. The molecule has 1 aliphatic rings. The molecule has 1 aromatic carbocycles. The molecule has 22 heavy (non-hydrogen) atoms.